The SMILES string of the molecule is Cc1[nH]nc2ccc(-c3cc(OC[C@H](CC#C[Si](C)(C)C)OC(=O)NC(C)(C)C)cnc3Cl)cc12. The van der Waals surface area contributed by atoms with Gasteiger partial charge in [-0.05, 0) is 51.5 Å². The van der Waals surface area contributed by atoms with E-state index in [0.29, 0.717) is 17.3 Å². The molecule has 0 unspecified atom stereocenters. The highest BCUT2D eigenvalue weighted by atomic mass is 35.5. The van der Waals surface area contributed by atoms with Crippen LogP contribution >= 0.6 is 11.6 Å². The Kier molecular flexibility index (Phi) is 8.13. The molecule has 0 saturated carbocycles. The minimum Gasteiger partial charge on any atom is -0.488 e. The van der Waals surface area contributed by atoms with E-state index < -0.39 is 25.8 Å². The summed E-state index contributed by atoms with van der Waals surface area (Å²) in [6, 6.07) is 7.75. The number of fused-ring (bicyclic) bond motifs is 1. The van der Waals surface area contributed by atoms with Gasteiger partial charge in [0, 0.05) is 28.6 Å². The summed E-state index contributed by atoms with van der Waals surface area (Å²) in [7, 11) is -1.55. The zero-order chi connectivity index (χ0) is 25.8. The van der Waals surface area contributed by atoms with E-state index in [4.69, 9.17) is 21.1 Å². The summed E-state index contributed by atoms with van der Waals surface area (Å²) in [5, 5.41) is 11.5. The van der Waals surface area contributed by atoms with Crippen molar-refractivity contribution in [1.29, 1.82) is 0 Å². The van der Waals surface area contributed by atoms with Crippen LogP contribution in [0, 0.1) is 18.4 Å². The van der Waals surface area contributed by atoms with Crippen LogP contribution in [0.25, 0.3) is 22.0 Å². The van der Waals surface area contributed by atoms with E-state index in [2.05, 4.69) is 51.6 Å². The molecule has 2 aromatic heterocycles. The second-order valence-electron chi connectivity index (χ2n) is 10.6. The van der Waals surface area contributed by atoms with Crippen molar-refractivity contribution in [3.8, 4) is 28.3 Å². The third kappa shape index (κ3) is 8.01. The molecule has 35 heavy (non-hydrogen) atoms. The van der Waals surface area contributed by atoms with Gasteiger partial charge in [0.1, 0.15) is 31.7 Å². The van der Waals surface area contributed by atoms with Crippen LogP contribution in [0.1, 0.15) is 32.9 Å². The Balaban J connectivity index is 1.78. The minimum absolute atomic E-state index is 0.139. The summed E-state index contributed by atoms with van der Waals surface area (Å²) in [5.74, 6) is 3.70. The van der Waals surface area contributed by atoms with Crippen LogP contribution in [0.15, 0.2) is 30.5 Å². The molecule has 0 aliphatic heterocycles. The van der Waals surface area contributed by atoms with Crippen molar-refractivity contribution in [2.24, 2.45) is 0 Å². The number of ether oxygens (including phenoxy) is 2. The summed E-state index contributed by atoms with van der Waals surface area (Å²) < 4.78 is 11.6. The maximum Gasteiger partial charge on any atom is 0.407 e. The average molecular weight is 513 g/mol. The van der Waals surface area contributed by atoms with Crippen LogP contribution in [-0.2, 0) is 4.74 Å². The van der Waals surface area contributed by atoms with Crippen LogP contribution in [0.2, 0.25) is 24.8 Å². The number of amides is 1. The number of nitrogens with one attached hydrogen (secondary N) is 2. The number of pyridine rings is 1. The zero-order valence-corrected chi connectivity index (χ0v) is 23.1. The fourth-order valence-corrected chi connectivity index (χ4v) is 4.10. The van der Waals surface area contributed by atoms with Crippen LogP contribution < -0.4 is 10.1 Å². The molecular weight excluding hydrogens is 480 g/mol. The first-order valence-electron chi connectivity index (χ1n) is 11.5. The Morgan fingerprint density at radius 1 is 1.26 bits per heavy atom. The van der Waals surface area contributed by atoms with E-state index in [9.17, 15) is 4.79 Å². The Labute approximate surface area is 213 Å². The fourth-order valence-electron chi connectivity index (χ4n) is 3.26. The molecule has 3 aromatic rings. The molecule has 0 aliphatic rings. The van der Waals surface area contributed by atoms with Crippen LogP contribution in [0.3, 0.4) is 0 Å². The summed E-state index contributed by atoms with van der Waals surface area (Å²) in [4.78, 5) is 16.7. The number of hydrogen-bond donors (Lipinski definition) is 2. The van der Waals surface area contributed by atoms with Gasteiger partial charge in [-0.15, -0.1) is 11.5 Å². The number of carbonyl (C=O) groups is 1. The van der Waals surface area contributed by atoms with Gasteiger partial charge in [-0.25, -0.2) is 9.78 Å². The van der Waals surface area contributed by atoms with Gasteiger partial charge in [0.2, 0.25) is 0 Å². The highest BCUT2D eigenvalue weighted by Gasteiger charge is 2.20. The molecule has 0 spiro atoms. The summed E-state index contributed by atoms with van der Waals surface area (Å²) in [5.41, 5.74) is 6.42. The normalized spacial score (nSPS) is 12.6. The van der Waals surface area contributed by atoms with Crippen molar-refractivity contribution < 1.29 is 14.3 Å². The lowest BCUT2D eigenvalue weighted by Gasteiger charge is -2.23. The third-order valence-electron chi connectivity index (χ3n) is 4.85. The van der Waals surface area contributed by atoms with Crippen molar-refractivity contribution in [1.82, 2.24) is 20.5 Å². The van der Waals surface area contributed by atoms with E-state index in [1.165, 1.54) is 0 Å². The van der Waals surface area contributed by atoms with Crippen LogP contribution in [0.4, 0.5) is 4.79 Å². The van der Waals surface area contributed by atoms with Crippen molar-refractivity contribution in [3.63, 3.8) is 0 Å². The molecular formula is C26H33ClN4O3Si. The second kappa shape index (κ2) is 10.7. The van der Waals surface area contributed by atoms with Gasteiger partial charge in [0.15, 0.2) is 0 Å². The number of carbonyl (C=O) groups excluding carboxylic acids is 1. The number of nitrogens with zero attached hydrogens (tertiary/aromatic N) is 2. The van der Waals surface area contributed by atoms with Gasteiger partial charge in [-0.2, -0.15) is 5.10 Å². The zero-order valence-electron chi connectivity index (χ0n) is 21.4. The molecule has 7 nitrogen and oxygen atoms in total. The first-order valence-corrected chi connectivity index (χ1v) is 15.4. The predicted octanol–water partition coefficient (Wildman–Crippen LogP) is 6.13. The molecule has 0 fully saturated rings. The quantitative estimate of drug-likeness (QED) is 0.235. The number of halogens is 1. The molecule has 0 bridgehead atoms. The number of H-pyrrole nitrogens is 1. The number of rotatable bonds is 6. The molecule has 1 aromatic carbocycles. The third-order valence-corrected chi connectivity index (χ3v) is 6.08. The number of aryl methyl sites for hydroxylation is 1. The maximum absolute atomic E-state index is 12.4. The summed E-state index contributed by atoms with van der Waals surface area (Å²) >= 11 is 6.42. The summed E-state index contributed by atoms with van der Waals surface area (Å²) in [6.07, 6.45) is 0.907. The first kappa shape index (κ1) is 26.6. The van der Waals surface area contributed by atoms with Crippen molar-refractivity contribution in [2.75, 3.05) is 6.61 Å². The largest absolute Gasteiger partial charge is 0.488 e. The molecule has 0 saturated heterocycles. The van der Waals surface area contributed by atoms with E-state index >= 15 is 0 Å². The molecule has 1 atom stereocenters. The fraction of sp³-hybridized carbons (Fsp3) is 0.423. The molecule has 9 heteroatoms. The standard InChI is InChI=1S/C26H33ClN4O3Si/c1-17-21-13-18(10-11-23(21)31-30-17)22-14-20(15-28-24(22)27)33-16-19(9-8-12-35(5,6)7)34-25(32)29-26(2,3)4/h10-11,13-15,19H,9,16H2,1-7H3,(H,29,32)(H,30,31)/t19-/m0/s1. The van der Waals surface area contributed by atoms with Gasteiger partial charge >= 0.3 is 6.09 Å². The topological polar surface area (TPSA) is 89.1 Å². The van der Waals surface area contributed by atoms with E-state index in [1.807, 2.05) is 52.0 Å². The van der Waals surface area contributed by atoms with Gasteiger partial charge in [-0.3, -0.25) is 5.10 Å². The lowest BCUT2D eigenvalue weighted by atomic mass is 10.0. The Morgan fingerprint density at radius 3 is 2.69 bits per heavy atom. The maximum atomic E-state index is 12.4. The van der Waals surface area contributed by atoms with Gasteiger partial charge in [0.05, 0.1) is 11.7 Å². The Hall–Kier alpha value is -3.02. The van der Waals surface area contributed by atoms with E-state index in [1.54, 1.807) is 6.20 Å². The van der Waals surface area contributed by atoms with Crippen molar-refractivity contribution >= 4 is 36.7 Å². The van der Waals surface area contributed by atoms with Crippen LogP contribution in [-0.4, -0.2) is 47.6 Å². The van der Waals surface area contributed by atoms with E-state index in [-0.39, 0.29) is 6.61 Å². The highest BCUT2D eigenvalue weighted by molar-refractivity contribution is 6.83. The average Bonchev–Trinajstić information content (AvgIpc) is 3.10. The molecule has 0 radical (unpaired) electrons. The van der Waals surface area contributed by atoms with Gasteiger partial charge in [0.25, 0.3) is 0 Å². The molecule has 2 heterocycles. The number of benzene rings is 1. The summed E-state index contributed by atoms with van der Waals surface area (Å²) in [6.45, 7) is 14.3. The number of hydrogen-bond acceptors (Lipinski definition) is 5. The molecule has 0 aliphatic carbocycles. The molecule has 3 rings (SSSR count). The minimum atomic E-state index is -1.55. The number of alkyl carbamates (subject to hydrolysis) is 1. The molecule has 1 amide bonds. The second-order valence-corrected chi connectivity index (χ2v) is 15.7. The van der Waals surface area contributed by atoms with Gasteiger partial charge in [-0.1, -0.05) is 37.3 Å². The van der Waals surface area contributed by atoms with Crippen molar-refractivity contribution in [2.45, 2.75) is 65.4 Å². The van der Waals surface area contributed by atoms with Crippen molar-refractivity contribution in [3.05, 3.63) is 41.3 Å². The highest BCUT2D eigenvalue weighted by Crippen LogP contribution is 2.32. The lowest BCUT2D eigenvalue weighted by molar-refractivity contribution is 0.0633. The Morgan fingerprint density at radius 2 is 2.00 bits per heavy atom. The monoisotopic (exact) mass is 512 g/mol. The predicted molar refractivity (Wildman–Crippen MR) is 143 cm³/mol. The van der Waals surface area contributed by atoms with Gasteiger partial charge < -0.3 is 14.8 Å². The first-order chi connectivity index (χ1) is 16.3. The molecule has 2 N–H and O–H groups in total. The smallest absolute Gasteiger partial charge is 0.407 e. The van der Waals surface area contributed by atoms with E-state index in [0.717, 1.165) is 27.7 Å². The Bertz CT molecular complexity index is 1270. The van der Waals surface area contributed by atoms with Crippen LogP contribution in [0.5, 0.6) is 5.75 Å². The number of aromatic nitrogens is 3. The molecule has 186 valence electrons. The number of aromatic amines is 1. The lowest BCUT2D eigenvalue weighted by Crippen LogP contribution is -2.43.